The average Bonchev–Trinajstić information content (AvgIpc) is 2.19. The molecule has 1 aliphatic rings. The van der Waals surface area contributed by atoms with Gasteiger partial charge in [-0.15, -0.1) is 0 Å². The largest absolute Gasteiger partial charge is 0.396 e. The lowest BCUT2D eigenvalue weighted by molar-refractivity contribution is 0.153. The molecule has 0 amide bonds. The summed E-state index contributed by atoms with van der Waals surface area (Å²) >= 11 is 0. The van der Waals surface area contributed by atoms with Gasteiger partial charge in [-0.2, -0.15) is 0 Å². The van der Waals surface area contributed by atoms with Crippen LogP contribution < -0.4 is 5.32 Å². The zero-order chi connectivity index (χ0) is 9.52. The molecule has 2 N–H and O–H groups in total. The third-order valence-electron chi connectivity index (χ3n) is 3.08. The van der Waals surface area contributed by atoms with Crippen molar-refractivity contribution in [3.8, 4) is 0 Å². The second-order valence-electron chi connectivity index (χ2n) is 4.14. The Balaban J connectivity index is 2.19. The van der Waals surface area contributed by atoms with Crippen LogP contribution in [0.15, 0.2) is 0 Å². The van der Waals surface area contributed by atoms with E-state index in [1.807, 2.05) is 0 Å². The zero-order valence-electron chi connectivity index (χ0n) is 8.76. The van der Waals surface area contributed by atoms with Gasteiger partial charge in [0.25, 0.3) is 0 Å². The number of aliphatic hydroxyl groups excluding tert-OH is 1. The lowest BCUT2D eigenvalue weighted by Crippen LogP contribution is -2.40. The molecule has 0 aromatic rings. The number of aliphatic hydroxyl groups is 1. The minimum atomic E-state index is 0.365. The molecule has 2 atom stereocenters. The van der Waals surface area contributed by atoms with Crippen molar-refractivity contribution in [1.82, 2.24) is 5.32 Å². The molecule has 13 heavy (non-hydrogen) atoms. The Morgan fingerprint density at radius 2 is 2.08 bits per heavy atom. The summed E-state index contributed by atoms with van der Waals surface area (Å²) in [6, 6.07) is 0.588. The number of nitrogens with one attached hydrogen (secondary N) is 1. The maximum absolute atomic E-state index is 9.18. The minimum absolute atomic E-state index is 0.365. The van der Waals surface area contributed by atoms with E-state index in [-0.39, 0.29) is 0 Å². The molecule has 1 rings (SSSR count). The summed E-state index contributed by atoms with van der Waals surface area (Å²) < 4.78 is 0. The second-order valence-corrected chi connectivity index (χ2v) is 4.14. The first-order valence-corrected chi connectivity index (χ1v) is 5.72. The predicted molar refractivity (Wildman–Crippen MR) is 55.7 cm³/mol. The molecule has 0 spiro atoms. The maximum atomic E-state index is 9.18. The van der Waals surface area contributed by atoms with Gasteiger partial charge in [0.2, 0.25) is 0 Å². The van der Waals surface area contributed by atoms with Crippen LogP contribution in [0.2, 0.25) is 0 Å². The van der Waals surface area contributed by atoms with Crippen molar-refractivity contribution in [2.45, 2.75) is 51.5 Å². The van der Waals surface area contributed by atoms with Crippen LogP contribution in [0.25, 0.3) is 0 Å². The third-order valence-corrected chi connectivity index (χ3v) is 3.08. The normalized spacial score (nSPS) is 29.1. The van der Waals surface area contributed by atoms with E-state index in [1.165, 1.54) is 38.5 Å². The molecule has 0 aromatic carbocycles. The topological polar surface area (TPSA) is 32.3 Å². The van der Waals surface area contributed by atoms with Crippen LogP contribution >= 0.6 is 0 Å². The molecule has 1 aliphatic carbocycles. The van der Waals surface area contributed by atoms with E-state index >= 15 is 0 Å². The van der Waals surface area contributed by atoms with Crippen LogP contribution in [-0.4, -0.2) is 24.3 Å². The van der Waals surface area contributed by atoms with Crippen molar-refractivity contribution in [3.63, 3.8) is 0 Å². The fourth-order valence-electron chi connectivity index (χ4n) is 2.16. The predicted octanol–water partition coefficient (Wildman–Crippen LogP) is 1.93. The van der Waals surface area contributed by atoms with Gasteiger partial charge in [0.05, 0.1) is 0 Å². The Labute approximate surface area is 81.7 Å². The fraction of sp³-hybridized carbons (Fsp3) is 1.00. The molecule has 1 saturated carbocycles. The third kappa shape index (κ3) is 3.65. The Kier molecular flexibility index (Phi) is 5.40. The summed E-state index contributed by atoms with van der Waals surface area (Å²) in [6.45, 7) is 3.70. The van der Waals surface area contributed by atoms with Gasteiger partial charge in [-0.3, -0.25) is 0 Å². The van der Waals surface area contributed by atoms with Crippen molar-refractivity contribution in [2.24, 2.45) is 5.92 Å². The van der Waals surface area contributed by atoms with Gasteiger partial charge in [-0.1, -0.05) is 26.2 Å². The zero-order valence-corrected chi connectivity index (χ0v) is 8.76. The minimum Gasteiger partial charge on any atom is -0.396 e. The Bertz CT molecular complexity index is 127. The highest BCUT2D eigenvalue weighted by atomic mass is 16.3. The molecule has 1 fully saturated rings. The highest BCUT2D eigenvalue weighted by Crippen LogP contribution is 2.23. The van der Waals surface area contributed by atoms with Crippen molar-refractivity contribution in [2.75, 3.05) is 13.2 Å². The molecular weight excluding hydrogens is 162 g/mol. The Morgan fingerprint density at radius 1 is 1.31 bits per heavy atom. The average molecular weight is 185 g/mol. The van der Waals surface area contributed by atoms with Crippen molar-refractivity contribution >= 4 is 0 Å². The molecule has 0 aromatic heterocycles. The first kappa shape index (κ1) is 11.0. The van der Waals surface area contributed by atoms with E-state index in [9.17, 15) is 5.11 Å². The lowest BCUT2D eigenvalue weighted by atomic mass is 9.85. The van der Waals surface area contributed by atoms with E-state index < -0.39 is 0 Å². The molecule has 0 radical (unpaired) electrons. The maximum Gasteiger partial charge on any atom is 0.0474 e. The Morgan fingerprint density at radius 3 is 2.77 bits per heavy atom. The molecule has 0 aliphatic heterocycles. The van der Waals surface area contributed by atoms with Gasteiger partial charge in [0, 0.05) is 12.6 Å². The molecule has 0 heterocycles. The van der Waals surface area contributed by atoms with Gasteiger partial charge in [0.1, 0.15) is 0 Å². The monoisotopic (exact) mass is 185 g/mol. The van der Waals surface area contributed by atoms with Gasteiger partial charge in [-0.05, 0) is 31.7 Å². The van der Waals surface area contributed by atoms with E-state index in [4.69, 9.17) is 0 Å². The van der Waals surface area contributed by atoms with E-state index in [2.05, 4.69) is 12.2 Å². The fourth-order valence-corrected chi connectivity index (χ4v) is 2.16. The van der Waals surface area contributed by atoms with Gasteiger partial charge in [-0.25, -0.2) is 0 Å². The van der Waals surface area contributed by atoms with E-state index in [1.54, 1.807) is 0 Å². The van der Waals surface area contributed by atoms with Gasteiger partial charge in [0.15, 0.2) is 0 Å². The Hall–Kier alpha value is -0.0800. The molecule has 0 saturated heterocycles. The summed E-state index contributed by atoms with van der Waals surface area (Å²) in [7, 11) is 0. The second kappa shape index (κ2) is 6.39. The smallest absolute Gasteiger partial charge is 0.0474 e. The number of unbranched alkanes of at least 4 members (excludes halogenated alkanes) is 1. The quantitative estimate of drug-likeness (QED) is 0.641. The van der Waals surface area contributed by atoms with Crippen LogP contribution in [0.1, 0.15) is 45.4 Å². The van der Waals surface area contributed by atoms with Crippen LogP contribution in [-0.2, 0) is 0 Å². The summed E-state index contributed by atoms with van der Waals surface area (Å²) in [5.41, 5.74) is 0. The van der Waals surface area contributed by atoms with Crippen LogP contribution in [0, 0.1) is 5.92 Å². The number of hydrogen-bond acceptors (Lipinski definition) is 2. The first-order valence-electron chi connectivity index (χ1n) is 5.72. The molecule has 2 heteroatoms. The van der Waals surface area contributed by atoms with E-state index in [0.29, 0.717) is 18.6 Å². The van der Waals surface area contributed by atoms with Crippen molar-refractivity contribution in [1.29, 1.82) is 0 Å². The summed E-state index contributed by atoms with van der Waals surface area (Å²) in [6.07, 6.45) is 7.62. The van der Waals surface area contributed by atoms with Crippen LogP contribution in [0.5, 0.6) is 0 Å². The van der Waals surface area contributed by atoms with Crippen molar-refractivity contribution in [3.05, 3.63) is 0 Å². The first-order chi connectivity index (χ1) is 6.38. The highest BCUT2D eigenvalue weighted by molar-refractivity contribution is 4.80. The lowest BCUT2D eigenvalue weighted by Gasteiger charge is -2.31. The standard InChI is InChI=1S/C11H23NO/c1-2-3-8-12-11-7-5-4-6-10(11)9-13/h10-13H,2-9H2,1H3. The molecular formula is C11H23NO. The highest BCUT2D eigenvalue weighted by Gasteiger charge is 2.23. The molecule has 78 valence electrons. The van der Waals surface area contributed by atoms with E-state index in [0.717, 1.165) is 6.54 Å². The summed E-state index contributed by atoms with van der Waals surface area (Å²) in [5, 5.41) is 12.7. The van der Waals surface area contributed by atoms with Crippen LogP contribution in [0.3, 0.4) is 0 Å². The molecule has 2 unspecified atom stereocenters. The van der Waals surface area contributed by atoms with Gasteiger partial charge >= 0.3 is 0 Å². The SMILES string of the molecule is CCCCNC1CCCCC1CO. The summed E-state index contributed by atoms with van der Waals surface area (Å²) in [5.74, 6) is 0.519. The summed E-state index contributed by atoms with van der Waals surface area (Å²) in [4.78, 5) is 0. The van der Waals surface area contributed by atoms with Crippen LogP contribution in [0.4, 0.5) is 0 Å². The molecule has 2 nitrogen and oxygen atoms in total. The van der Waals surface area contributed by atoms with Crippen molar-refractivity contribution < 1.29 is 5.11 Å². The molecule has 0 bridgehead atoms. The van der Waals surface area contributed by atoms with Gasteiger partial charge < -0.3 is 10.4 Å². The number of hydrogen-bond donors (Lipinski definition) is 2. The number of rotatable bonds is 5.